The van der Waals surface area contributed by atoms with Crippen LogP contribution in [0.3, 0.4) is 0 Å². The summed E-state index contributed by atoms with van der Waals surface area (Å²) < 4.78 is 14.7. The normalized spacial score (nSPS) is 23.6. The van der Waals surface area contributed by atoms with Crippen molar-refractivity contribution in [2.24, 2.45) is 5.92 Å². The van der Waals surface area contributed by atoms with E-state index in [2.05, 4.69) is 17.1 Å². The maximum atomic E-state index is 13.0. The number of nitrogens with zero attached hydrogens (tertiary/aromatic N) is 2. The zero-order valence-electron chi connectivity index (χ0n) is 16.2. The van der Waals surface area contributed by atoms with Crippen LogP contribution in [0.4, 0.5) is 4.39 Å². The average molecular weight is 396 g/mol. The van der Waals surface area contributed by atoms with E-state index < -0.39 is 0 Å². The van der Waals surface area contributed by atoms with Crippen LogP contribution in [0.1, 0.15) is 52.6 Å². The summed E-state index contributed by atoms with van der Waals surface area (Å²) in [6.45, 7) is 2.53. The Hall–Kier alpha value is -2.60. The van der Waals surface area contributed by atoms with E-state index in [4.69, 9.17) is 0 Å². The third-order valence-electron chi connectivity index (χ3n) is 6.79. The lowest BCUT2D eigenvalue weighted by Gasteiger charge is -2.31. The van der Waals surface area contributed by atoms with Gasteiger partial charge in [0.1, 0.15) is 5.82 Å². The van der Waals surface area contributed by atoms with E-state index in [-0.39, 0.29) is 35.2 Å². The number of carbonyl (C=O) groups is 1. The van der Waals surface area contributed by atoms with Gasteiger partial charge in [0.05, 0.1) is 6.54 Å². The van der Waals surface area contributed by atoms with Gasteiger partial charge in [-0.3, -0.25) is 14.3 Å². The van der Waals surface area contributed by atoms with Gasteiger partial charge < -0.3 is 10.2 Å². The van der Waals surface area contributed by atoms with Crippen molar-refractivity contribution >= 4 is 5.78 Å². The summed E-state index contributed by atoms with van der Waals surface area (Å²) >= 11 is 0. The van der Waals surface area contributed by atoms with Crippen LogP contribution in [0.5, 0.6) is 11.8 Å². The second-order valence-corrected chi connectivity index (χ2v) is 8.57. The Balaban J connectivity index is 1.19. The number of ketones is 1. The van der Waals surface area contributed by atoms with Gasteiger partial charge in [0.25, 0.3) is 0 Å². The highest BCUT2D eigenvalue weighted by Crippen LogP contribution is 2.56. The van der Waals surface area contributed by atoms with Crippen molar-refractivity contribution in [2.45, 2.75) is 37.6 Å². The topological polar surface area (TPSA) is 65.7 Å². The number of benzene rings is 1. The molecule has 5 nitrogen and oxygen atoms in total. The van der Waals surface area contributed by atoms with Crippen LogP contribution in [-0.4, -0.2) is 45.1 Å². The molecular weight excluding hydrogens is 371 g/mol. The molecule has 1 aromatic heterocycles. The third kappa shape index (κ3) is 3.15. The van der Waals surface area contributed by atoms with Crippen LogP contribution in [0.25, 0.3) is 0 Å². The molecule has 0 spiro atoms. The number of aromatic hydroxyl groups is 2. The molecule has 2 atom stereocenters. The number of hydrogen-bond donors (Lipinski definition) is 2. The number of fused-ring (bicyclic) bond motifs is 5. The van der Waals surface area contributed by atoms with Gasteiger partial charge in [0.2, 0.25) is 0 Å². The Bertz CT molecular complexity index is 935. The minimum atomic E-state index is -0.339. The maximum Gasteiger partial charge on any atom is 0.198 e. The van der Waals surface area contributed by atoms with Gasteiger partial charge in [-0.25, -0.2) is 4.39 Å². The monoisotopic (exact) mass is 396 g/mol. The van der Waals surface area contributed by atoms with E-state index in [1.807, 2.05) is 0 Å². The van der Waals surface area contributed by atoms with Crippen molar-refractivity contribution < 1.29 is 19.4 Å². The summed E-state index contributed by atoms with van der Waals surface area (Å²) in [6, 6.07) is 5.69. The molecule has 0 saturated carbocycles. The van der Waals surface area contributed by atoms with Gasteiger partial charge in [0.15, 0.2) is 17.5 Å². The average Bonchev–Trinajstić information content (AvgIpc) is 3.40. The van der Waals surface area contributed by atoms with Crippen molar-refractivity contribution in [2.75, 3.05) is 19.6 Å². The molecular formula is C23H25FN2O3. The van der Waals surface area contributed by atoms with Gasteiger partial charge in [-0.05, 0) is 62.5 Å². The molecule has 3 aliphatic rings. The SMILES string of the molecule is O=C(CN1CCC(Cn2c(O)c3c(c2O)C2C=CC3C2)CC1)c1ccc(F)cc1. The first kappa shape index (κ1) is 18.4. The largest absolute Gasteiger partial charge is 0.494 e. The van der Waals surface area contributed by atoms with Crippen LogP contribution in [-0.2, 0) is 6.54 Å². The molecule has 0 radical (unpaired) electrons. The zero-order chi connectivity index (χ0) is 20.1. The van der Waals surface area contributed by atoms with Gasteiger partial charge in [-0.1, -0.05) is 12.2 Å². The number of piperidine rings is 1. The highest BCUT2D eigenvalue weighted by atomic mass is 19.1. The van der Waals surface area contributed by atoms with E-state index >= 15 is 0 Å². The van der Waals surface area contributed by atoms with Crippen LogP contribution >= 0.6 is 0 Å². The minimum Gasteiger partial charge on any atom is -0.494 e. The molecule has 5 rings (SSSR count). The number of rotatable bonds is 5. The summed E-state index contributed by atoms with van der Waals surface area (Å²) in [5.41, 5.74) is 2.36. The fourth-order valence-corrected chi connectivity index (χ4v) is 5.18. The van der Waals surface area contributed by atoms with Crippen molar-refractivity contribution in [3.8, 4) is 11.8 Å². The molecule has 6 heteroatoms. The lowest BCUT2D eigenvalue weighted by atomic mass is 9.96. The molecule has 29 heavy (non-hydrogen) atoms. The van der Waals surface area contributed by atoms with Crippen LogP contribution in [0.15, 0.2) is 36.4 Å². The van der Waals surface area contributed by atoms with Gasteiger partial charge in [-0.2, -0.15) is 0 Å². The standard InChI is InChI=1S/C23H25FN2O3/c24-18-5-3-15(4-6-18)19(27)13-25-9-7-14(8-10-25)12-26-22(28)20-16-1-2-17(11-16)21(20)23(26)29/h1-6,14,16-17,28-29H,7-13H2. The van der Waals surface area contributed by atoms with E-state index in [0.717, 1.165) is 43.5 Å². The highest BCUT2D eigenvalue weighted by molar-refractivity contribution is 5.97. The summed E-state index contributed by atoms with van der Waals surface area (Å²) in [5.74, 6) is 0.939. The molecule has 2 unspecified atom stereocenters. The maximum absolute atomic E-state index is 13.0. The lowest BCUT2D eigenvalue weighted by molar-refractivity contribution is 0.0889. The number of halogens is 1. The molecule has 2 aromatic rings. The predicted molar refractivity (Wildman–Crippen MR) is 107 cm³/mol. The number of allylic oxidation sites excluding steroid dienone is 2. The molecule has 1 fully saturated rings. The Kier molecular flexibility index (Phi) is 4.46. The Labute approximate surface area is 169 Å². The molecule has 1 aliphatic heterocycles. The first-order valence-corrected chi connectivity index (χ1v) is 10.3. The van der Waals surface area contributed by atoms with Gasteiger partial charge >= 0.3 is 0 Å². The molecule has 152 valence electrons. The number of hydrogen-bond acceptors (Lipinski definition) is 4. The quantitative estimate of drug-likeness (QED) is 0.596. The van der Waals surface area contributed by atoms with E-state index in [9.17, 15) is 19.4 Å². The minimum absolute atomic E-state index is 0.00329. The van der Waals surface area contributed by atoms with Crippen molar-refractivity contribution in [1.82, 2.24) is 9.47 Å². The Morgan fingerprint density at radius 2 is 1.59 bits per heavy atom. The third-order valence-corrected chi connectivity index (χ3v) is 6.79. The predicted octanol–water partition coefficient (Wildman–Crippen LogP) is 3.77. The Morgan fingerprint density at radius 1 is 1.00 bits per heavy atom. The lowest BCUT2D eigenvalue weighted by Crippen LogP contribution is -2.38. The van der Waals surface area contributed by atoms with E-state index in [1.165, 1.54) is 24.3 Å². The zero-order valence-corrected chi connectivity index (χ0v) is 16.2. The van der Waals surface area contributed by atoms with Crippen molar-refractivity contribution in [1.29, 1.82) is 0 Å². The van der Waals surface area contributed by atoms with Gasteiger partial charge in [-0.15, -0.1) is 0 Å². The molecule has 0 amide bonds. The number of Topliss-reactive ketones (excluding diaryl/α,β-unsaturated/α-hetero) is 1. The first-order chi connectivity index (χ1) is 14.0. The summed E-state index contributed by atoms with van der Waals surface area (Å²) in [7, 11) is 0. The van der Waals surface area contributed by atoms with Crippen LogP contribution in [0, 0.1) is 11.7 Å². The number of aromatic nitrogens is 1. The summed E-state index contributed by atoms with van der Waals surface area (Å²) in [5, 5.41) is 21.4. The van der Waals surface area contributed by atoms with Gasteiger partial charge in [0, 0.05) is 35.1 Å². The van der Waals surface area contributed by atoms with Crippen molar-refractivity contribution in [3.63, 3.8) is 0 Å². The van der Waals surface area contributed by atoms with E-state index in [0.29, 0.717) is 24.6 Å². The highest BCUT2D eigenvalue weighted by Gasteiger charge is 2.41. The fraction of sp³-hybridized carbons (Fsp3) is 0.435. The first-order valence-electron chi connectivity index (χ1n) is 10.3. The molecule has 1 saturated heterocycles. The van der Waals surface area contributed by atoms with Crippen LogP contribution in [0.2, 0.25) is 0 Å². The summed E-state index contributed by atoms with van der Waals surface area (Å²) in [4.78, 5) is 14.5. The molecule has 2 heterocycles. The van der Waals surface area contributed by atoms with Crippen molar-refractivity contribution in [3.05, 3.63) is 58.9 Å². The molecule has 2 N–H and O–H groups in total. The van der Waals surface area contributed by atoms with E-state index in [1.54, 1.807) is 4.57 Å². The number of carbonyl (C=O) groups excluding carboxylic acids is 1. The molecule has 2 aliphatic carbocycles. The summed E-state index contributed by atoms with van der Waals surface area (Å²) in [6.07, 6.45) is 7.04. The second-order valence-electron chi connectivity index (χ2n) is 8.57. The smallest absolute Gasteiger partial charge is 0.198 e. The molecule has 2 bridgehead atoms. The number of likely N-dealkylation sites (tertiary alicyclic amines) is 1. The van der Waals surface area contributed by atoms with Crippen LogP contribution < -0.4 is 0 Å². The fourth-order valence-electron chi connectivity index (χ4n) is 5.18. The molecule has 1 aromatic carbocycles. The second kappa shape index (κ2) is 7.02. The Morgan fingerprint density at radius 3 is 2.17 bits per heavy atom.